The van der Waals surface area contributed by atoms with Crippen LogP contribution in [0.1, 0.15) is 72.2 Å². The Labute approximate surface area is 212 Å². The first kappa shape index (κ1) is 27.5. The fraction of sp³-hybridized carbons (Fsp3) is 0.423. The van der Waals surface area contributed by atoms with Crippen molar-refractivity contribution in [3.05, 3.63) is 53.1 Å². The molecule has 10 heteroatoms. The number of ether oxygens (including phenoxy) is 2. The number of carbonyl (C=O) groups is 3. The summed E-state index contributed by atoms with van der Waals surface area (Å²) >= 11 is 5.33. The Morgan fingerprint density at radius 1 is 1.03 bits per heavy atom. The van der Waals surface area contributed by atoms with Crippen LogP contribution in [0.4, 0.5) is 18.9 Å². The molecule has 0 atom stereocenters. The highest BCUT2D eigenvalue weighted by Gasteiger charge is 2.36. The fourth-order valence-electron chi connectivity index (χ4n) is 4.35. The Hall–Kier alpha value is -3.07. The Bertz CT molecular complexity index is 1140. The molecule has 1 fully saturated rings. The maximum absolute atomic E-state index is 13.6. The molecule has 0 bridgehead atoms. The maximum Gasteiger partial charge on any atom is 0.420 e. The molecule has 6 nitrogen and oxygen atoms in total. The Morgan fingerprint density at radius 2 is 1.69 bits per heavy atom. The number of rotatable bonds is 7. The lowest BCUT2D eigenvalue weighted by Gasteiger charge is -2.33. The number of hydrogen-bond donors (Lipinski definition) is 0. The minimum Gasteiger partial charge on any atom is -0.465 e. The summed E-state index contributed by atoms with van der Waals surface area (Å²) in [5.41, 5.74) is -1.27. The van der Waals surface area contributed by atoms with Crippen LogP contribution in [0.3, 0.4) is 0 Å². The van der Waals surface area contributed by atoms with Gasteiger partial charge in [0, 0.05) is 17.5 Å². The van der Waals surface area contributed by atoms with E-state index in [-0.39, 0.29) is 34.7 Å². The second-order valence-electron chi connectivity index (χ2n) is 8.89. The van der Waals surface area contributed by atoms with Crippen molar-refractivity contribution in [1.29, 1.82) is 0 Å². The Balaban J connectivity index is 2.03. The number of methoxy groups -OCH3 is 1. The molecular formula is C26H27ClF3NO5. The van der Waals surface area contributed by atoms with Crippen molar-refractivity contribution in [1.82, 2.24) is 0 Å². The lowest BCUT2D eigenvalue weighted by Crippen LogP contribution is -2.42. The van der Waals surface area contributed by atoms with Gasteiger partial charge in [0.25, 0.3) is 5.24 Å². The number of alkyl halides is 3. The quantitative estimate of drug-likeness (QED) is 0.288. The summed E-state index contributed by atoms with van der Waals surface area (Å²) in [6, 6.07) is 6.50. The second kappa shape index (κ2) is 11.3. The first-order valence-corrected chi connectivity index (χ1v) is 12.0. The zero-order valence-corrected chi connectivity index (χ0v) is 20.9. The minimum absolute atomic E-state index is 0.0195. The van der Waals surface area contributed by atoms with Gasteiger partial charge in [-0.15, -0.1) is 0 Å². The predicted octanol–water partition coefficient (Wildman–Crippen LogP) is 6.99. The van der Waals surface area contributed by atoms with Gasteiger partial charge in [0.05, 0.1) is 23.9 Å². The number of nitrogens with zero attached hydrogens (tertiary/aromatic N) is 1. The molecule has 0 unspecified atom stereocenters. The smallest absolute Gasteiger partial charge is 0.420 e. The van der Waals surface area contributed by atoms with Gasteiger partial charge in [-0.1, -0.05) is 19.3 Å². The van der Waals surface area contributed by atoms with E-state index in [4.69, 9.17) is 21.1 Å². The third-order valence-corrected chi connectivity index (χ3v) is 6.30. The number of benzene rings is 2. The van der Waals surface area contributed by atoms with Crippen LogP contribution >= 0.6 is 11.6 Å². The molecule has 0 spiro atoms. The molecule has 0 heterocycles. The Morgan fingerprint density at radius 3 is 2.25 bits per heavy atom. The van der Waals surface area contributed by atoms with E-state index in [2.05, 4.69) is 0 Å². The fourth-order valence-corrected chi connectivity index (χ4v) is 4.47. The van der Waals surface area contributed by atoms with Gasteiger partial charge < -0.3 is 14.4 Å². The van der Waals surface area contributed by atoms with Gasteiger partial charge in [0.15, 0.2) is 0 Å². The van der Waals surface area contributed by atoms with Crippen molar-refractivity contribution in [3.8, 4) is 11.5 Å². The van der Waals surface area contributed by atoms with Gasteiger partial charge in [-0.05, 0) is 74.7 Å². The van der Waals surface area contributed by atoms with Crippen molar-refractivity contribution in [3.63, 3.8) is 0 Å². The van der Waals surface area contributed by atoms with Gasteiger partial charge in [-0.25, -0.2) is 4.79 Å². The SMILES string of the molecule is COC(=O)c1cc(Oc2ccc(C(=O)Cl)cc2C(F)(F)F)ccc1N(C(=O)C1CCCCC1)C(C)C. The molecular weight excluding hydrogens is 499 g/mol. The number of esters is 1. The van der Waals surface area contributed by atoms with Crippen LogP contribution in [-0.2, 0) is 15.7 Å². The van der Waals surface area contributed by atoms with Gasteiger partial charge >= 0.3 is 12.1 Å². The highest BCUT2D eigenvalue weighted by molar-refractivity contribution is 6.67. The summed E-state index contributed by atoms with van der Waals surface area (Å²) in [6.07, 6.45) is -0.326. The molecule has 0 radical (unpaired) electrons. The van der Waals surface area contributed by atoms with Crippen LogP contribution in [0.25, 0.3) is 0 Å². The average Bonchev–Trinajstić information content (AvgIpc) is 2.84. The molecule has 0 saturated heterocycles. The van der Waals surface area contributed by atoms with Crippen LogP contribution in [0.5, 0.6) is 11.5 Å². The molecule has 1 amide bonds. The summed E-state index contributed by atoms with van der Waals surface area (Å²) < 4.78 is 51.3. The van der Waals surface area contributed by atoms with E-state index < -0.39 is 28.7 Å². The molecule has 3 rings (SSSR count). The van der Waals surface area contributed by atoms with E-state index in [0.717, 1.165) is 44.2 Å². The van der Waals surface area contributed by atoms with Crippen LogP contribution in [0, 0.1) is 5.92 Å². The van der Waals surface area contributed by atoms with Crippen molar-refractivity contribution in [2.75, 3.05) is 12.0 Å². The van der Waals surface area contributed by atoms with E-state index in [1.54, 1.807) is 0 Å². The number of anilines is 1. The molecule has 194 valence electrons. The summed E-state index contributed by atoms with van der Waals surface area (Å²) in [4.78, 5) is 38.9. The zero-order chi connectivity index (χ0) is 26.6. The number of amides is 1. The van der Waals surface area contributed by atoms with Gasteiger partial charge in [0.1, 0.15) is 11.5 Å². The largest absolute Gasteiger partial charge is 0.465 e. The zero-order valence-electron chi connectivity index (χ0n) is 20.2. The normalized spacial score (nSPS) is 14.4. The van der Waals surface area contributed by atoms with E-state index in [9.17, 15) is 27.6 Å². The molecule has 1 aliphatic rings. The molecule has 0 N–H and O–H groups in total. The standard InChI is InChI=1S/C26H27ClF3NO5/c1-15(2)31(24(33)16-7-5-4-6-8-16)21-11-10-18(14-19(21)25(34)35-3)36-22-12-9-17(23(27)32)13-20(22)26(28,29)30/h9-16H,4-8H2,1-3H3. The van der Waals surface area contributed by atoms with Crippen molar-refractivity contribution in [2.24, 2.45) is 5.92 Å². The minimum atomic E-state index is -4.83. The number of halogens is 4. The number of hydrogen-bond acceptors (Lipinski definition) is 5. The Kier molecular flexibility index (Phi) is 8.66. The first-order valence-electron chi connectivity index (χ1n) is 11.6. The monoisotopic (exact) mass is 525 g/mol. The second-order valence-corrected chi connectivity index (χ2v) is 9.24. The van der Waals surface area contributed by atoms with Gasteiger partial charge in [-0.2, -0.15) is 13.2 Å². The molecule has 1 aliphatic carbocycles. The van der Waals surface area contributed by atoms with E-state index in [1.807, 2.05) is 13.8 Å². The molecule has 2 aromatic rings. The first-order chi connectivity index (χ1) is 16.9. The van der Waals surface area contributed by atoms with Gasteiger partial charge in [0.2, 0.25) is 5.91 Å². The van der Waals surface area contributed by atoms with E-state index in [1.165, 1.54) is 30.2 Å². The average molecular weight is 526 g/mol. The van der Waals surface area contributed by atoms with Crippen molar-refractivity contribution in [2.45, 2.75) is 58.2 Å². The summed E-state index contributed by atoms with van der Waals surface area (Å²) in [7, 11) is 1.17. The third kappa shape index (κ3) is 6.19. The van der Waals surface area contributed by atoms with Crippen LogP contribution in [-0.4, -0.2) is 30.3 Å². The summed E-state index contributed by atoms with van der Waals surface area (Å²) in [6.45, 7) is 3.64. The predicted molar refractivity (Wildman–Crippen MR) is 129 cm³/mol. The van der Waals surface area contributed by atoms with Crippen molar-refractivity contribution >= 4 is 34.4 Å². The molecule has 0 aromatic heterocycles. The van der Waals surface area contributed by atoms with Gasteiger partial charge in [-0.3, -0.25) is 9.59 Å². The highest BCUT2D eigenvalue weighted by Crippen LogP contribution is 2.40. The third-order valence-electron chi connectivity index (χ3n) is 6.08. The topological polar surface area (TPSA) is 72.9 Å². The number of carbonyl (C=O) groups excluding carboxylic acids is 3. The summed E-state index contributed by atoms with van der Waals surface area (Å²) in [5, 5.41) is -1.04. The molecule has 2 aromatic carbocycles. The lowest BCUT2D eigenvalue weighted by molar-refractivity contribution is -0.138. The molecule has 0 aliphatic heterocycles. The summed E-state index contributed by atoms with van der Waals surface area (Å²) in [5.74, 6) is -1.70. The van der Waals surface area contributed by atoms with Crippen LogP contribution in [0.2, 0.25) is 0 Å². The van der Waals surface area contributed by atoms with E-state index in [0.29, 0.717) is 11.8 Å². The maximum atomic E-state index is 13.6. The van der Waals surface area contributed by atoms with Crippen LogP contribution in [0.15, 0.2) is 36.4 Å². The lowest BCUT2D eigenvalue weighted by atomic mass is 9.87. The van der Waals surface area contributed by atoms with Crippen molar-refractivity contribution < 1.29 is 37.0 Å². The molecule has 36 heavy (non-hydrogen) atoms. The van der Waals surface area contributed by atoms with E-state index >= 15 is 0 Å². The highest BCUT2D eigenvalue weighted by atomic mass is 35.5. The molecule has 1 saturated carbocycles. The van der Waals surface area contributed by atoms with Crippen LogP contribution < -0.4 is 9.64 Å².